The van der Waals surface area contributed by atoms with E-state index in [4.69, 9.17) is 4.74 Å². The highest BCUT2D eigenvalue weighted by Crippen LogP contribution is 2.32. The van der Waals surface area contributed by atoms with Gasteiger partial charge in [0.15, 0.2) is 0 Å². The van der Waals surface area contributed by atoms with Crippen molar-refractivity contribution < 1.29 is 9.53 Å². The van der Waals surface area contributed by atoms with Gasteiger partial charge in [0.1, 0.15) is 12.4 Å². The number of likely N-dealkylation sites (tertiary alicyclic amines) is 1. The highest BCUT2D eigenvalue weighted by atomic mass is 16.5. The molecular formula is C21H30N4O2. The summed E-state index contributed by atoms with van der Waals surface area (Å²) in [7, 11) is 1.91. The van der Waals surface area contributed by atoms with Gasteiger partial charge in [0, 0.05) is 37.5 Å². The Balaban J connectivity index is 1.75. The number of rotatable bonds is 8. The zero-order valence-electron chi connectivity index (χ0n) is 16.6. The van der Waals surface area contributed by atoms with Gasteiger partial charge < -0.3 is 10.1 Å². The van der Waals surface area contributed by atoms with Gasteiger partial charge in [-0.05, 0) is 56.1 Å². The topological polar surface area (TPSA) is 59.4 Å². The zero-order chi connectivity index (χ0) is 19.2. The SMILES string of the molecule is CC(C)CC(=O)Nc1ccc(OCCN2CCCC2)c(-c2ccnn2C)c1. The standard InChI is InChI=1S/C21H30N4O2/c1-16(2)14-21(26)23-17-6-7-20(27-13-12-25-10-4-5-11-25)18(15-17)19-8-9-22-24(19)3/h6-9,15-16H,4-5,10-14H2,1-3H3,(H,23,26). The minimum absolute atomic E-state index is 0.0312. The molecule has 3 rings (SSSR count). The minimum atomic E-state index is 0.0312. The number of aryl methyl sites for hydroxylation is 1. The van der Waals surface area contributed by atoms with E-state index in [1.807, 2.05) is 49.8 Å². The van der Waals surface area contributed by atoms with Crippen molar-refractivity contribution in [3.63, 3.8) is 0 Å². The third-order valence-electron chi connectivity index (χ3n) is 4.82. The molecule has 1 N–H and O–H groups in total. The van der Waals surface area contributed by atoms with Crippen molar-refractivity contribution in [3.8, 4) is 17.0 Å². The first-order valence-electron chi connectivity index (χ1n) is 9.80. The summed E-state index contributed by atoms with van der Waals surface area (Å²) in [6.07, 6.45) is 4.85. The molecule has 0 radical (unpaired) electrons. The number of aromatic nitrogens is 2. The number of nitrogens with zero attached hydrogens (tertiary/aromatic N) is 3. The van der Waals surface area contributed by atoms with Crippen LogP contribution in [0.5, 0.6) is 5.75 Å². The summed E-state index contributed by atoms with van der Waals surface area (Å²) >= 11 is 0. The van der Waals surface area contributed by atoms with E-state index >= 15 is 0 Å². The normalized spacial score (nSPS) is 14.7. The van der Waals surface area contributed by atoms with Crippen molar-refractivity contribution in [2.75, 3.05) is 31.6 Å². The number of carbonyl (C=O) groups is 1. The van der Waals surface area contributed by atoms with Crippen LogP contribution in [0.25, 0.3) is 11.3 Å². The van der Waals surface area contributed by atoms with Gasteiger partial charge >= 0.3 is 0 Å². The summed E-state index contributed by atoms with van der Waals surface area (Å²) in [4.78, 5) is 14.6. The maximum absolute atomic E-state index is 12.1. The van der Waals surface area contributed by atoms with Gasteiger partial charge in [-0.3, -0.25) is 14.4 Å². The summed E-state index contributed by atoms with van der Waals surface area (Å²) in [5.74, 6) is 1.18. The van der Waals surface area contributed by atoms with Crippen LogP contribution in [0.2, 0.25) is 0 Å². The molecule has 0 atom stereocenters. The maximum Gasteiger partial charge on any atom is 0.224 e. The maximum atomic E-state index is 12.1. The first-order valence-corrected chi connectivity index (χ1v) is 9.80. The molecule has 0 unspecified atom stereocenters. The van der Waals surface area contributed by atoms with Crippen LogP contribution in [0, 0.1) is 5.92 Å². The van der Waals surface area contributed by atoms with Gasteiger partial charge in [0.25, 0.3) is 0 Å². The number of hydrogen-bond acceptors (Lipinski definition) is 4. The second kappa shape index (κ2) is 9.04. The van der Waals surface area contributed by atoms with Crippen LogP contribution < -0.4 is 10.1 Å². The van der Waals surface area contributed by atoms with Gasteiger partial charge in [-0.2, -0.15) is 5.10 Å². The van der Waals surface area contributed by atoms with Crippen molar-refractivity contribution in [1.29, 1.82) is 0 Å². The summed E-state index contributed by atoms with van der Waals surface area (Å²) in [6, 6.07) is 7.78. The number of ether oxygens (including phenoxy) is 1. The smallest absolute Gasteiger partial charge is 0.224 e. The Morgan fingerprint density at radius 3 is 2.70 bits per heavy atom. The Kier molecular flexibility index (Phi) is 6.50. The highest BCUT2D eigenvalue weighted by molar-refractivity contribution is 5.92. The van der Waals surface area contributed by atoms with Crippen molar-refractivity contribution in [2.24, 2.45) is 13.0 Å². The minimum Gasteiger partial charge on any atom is -0.492 e. The Labute approximate surface area is 161 Å². The lowest BCUT2D eigenvalue weighted by molar-refractivity contribution is -0.116. The largest absolute Gasteiger partial charge is 0.492 e. The lowest BCUT2D eigenvalue weighted by Crippen LogP contribution is -2.25. The number of carbonyl (C=O) groups excluding carboxylic acids is 1. The molecule has 1 aliphatic heterocycles. The molecule has 6 nitrogen and oxygen atoms in total. The average Bonchev–Trinajstić information content (AvgIpc) is 3.27. The van der Waals surface area contributed by atoms with Gasteiger partial charge in [0.2, 0.25) is 5.91 Å². The van der Waals surface area contributed by atoms with Crippen molar-refractivity contribution in [2.45, 2.75) is 33.1 Å². The summed E-state index contributed by atoms with van der Waals surface area (Å²) in [5.41, 5.74) is 2.69. The number of benzene rings is 1. The summed E-state index contributed by atoms with van der Waals surface area (Å²) in [6.45, 7) is 8.01. The Hall–Kier alpha value is -2.34. The molecule has 1 aromatic carbocycles. The summed E-state index contributed by atoms with van der Waals surface area (Å²) < 4.78 is 7.93. The Morgan fingerprint density at radius 2 is 2.04 bits per heavy atom. The van der Waals surface area contributed by atoms with E-state index in [0.717, 1.165) is 29.2 Å². The lowest BCUT2D eigenvalue weighted by atomic mass is 10.1. The number of amides is 1. The third-order valence-corrected chi connectivity index (χ3v) is 4.82. The van der Waals surface area contributed by atoms with Crippen molar-refractivity contribution >= 4 is 11.6 Å². The predicted octanol–water partition coefficient (Wildman–Crippen LogP) is 3.55. The molecule has 1 saturated heterocycles. The average molecular weight is 370 g/mol. The number of hydrogen-bond donors (Lipinski definition) is 1. The molecule has 6 heteroatoms. The second-order valence-corrected chi connectivity index (χ2v) is 7.59. The molecule has 0 saturated carbocycles. The second-order valence-electron chi connectivity index (χ2n) is 7.59. The van der Waals surface area contributed by atoms with Crippen LogP contribution in [0.4, 0.5) is 5.69 Å². The first-order chi connectivity index (χ1) is 13.0. The van der Waals surface area contributed by atoms with E-state index in [2.05, 4.69) is 15.3 Å². The van der Waals surface area contributed by atoms with Crippen LogP contribution in [0.3, 0.4) is 0 Å². The predicted molar refractivity (Wildman–Crippen MR) is 108 cm³/mol. The lowest BCUT2D eigenvalue weighted by Gasteiger charge is -2.17. The molecule has 1 aromatic heterocycles. The van der Waals surface area contributed by atoms with E-state index in [-0.39, 0.29) is 5.91 Å². The highest BCUT2D eigenvalue weighted by Gasteiger charge is 2.15. The van der Waals surface area contributed by atoms with Gasteiger partial charge in [0.05, 0.1) is 5.69 Å². The van der Waals surface area contributed by atoms with Crippen LogP contribution in [0.15, 0.2) is 30.5 Å². The monoisotopic (exact) mass is 370 g/mol. The molecule has 0 bridgehead atoms. The van der Waals surface area contributed by atoms with Crippen LogP contribution in [-0.4, -0.2) is 46.8 Å². The molecule has 1 aliphatic rings. The van der Waals surface area contributed by atoms with E-state index < -0.39 is 0 Å². The Morgan fingerprint density at radius 1 is 1.26 bits per heavy atom. The fourth-order valence-corrected chi connectivity index (χ4v) is 3.45. The van der Waals surface area contributed by atoms with Gasteiger partial charge in [-0.15, -0.1) is 0 Å². The number of nitrogens with one attached hydrogen (secondary N) is 1. The van der Waals surface area contributed by atoms with E-state index in [1.54, 1.807) is 6.20 Å². The molecule has 1 amide bonds. The van der Waals surface area contributed by atoms with E-state index in [0.29, 0.717) is 18.9 Å². The van der Waals surface area contributed by atoms with Crippen molar-refractivity contribution in [3.05, 3.63) is 30.5 Å². The fraction of sp³-hybridized carbons (Fsp3) is 0.524. The third kappa shape index (κ3) is 5.32. The van der Waals surface area contributed by atoms with E-state index in [1.165, 1.54) is 25.9 Å². The van der Waals surface area contributed by atoms with E-state index in [9.17, 15) is 4.79 Å². The zero-order valence-corrected chi connectivity index (χ0v) is 16.6. The quantitative estimate of drug-likeness (QED) is 0.772. The molecule has 146 valence electrons. The van der Waals surface area contributed by atoms with Gasteiger partial charge in [-0.1, -0.05) is 13.8 Å². The molecule has 0 spiro atoms. The van der Waals surface area contributed by atoms with Gasteiger partial charge in [-0.25, -0.2) is 0 Å². The molecular weight excluding hydrogens is 340 g/mol. The first kappa shape index (κ1) is 19.4. The van der Waals surface area contributed by atoms with Crippen LogP contribution >= 0.6 is 0 Å². The fourth-order valence-electron chi connectivity index (χ4n) is 3.45. The molecule has 27 heavy (non-hydrogen) atoms. The van der Waals surface area contributed by atoms with Crippen LogP contribution in [-0.2, 0) is 11.8 Å². The molecule has 0 aliphatic carbocycles. The van der Waals surface area contributed by atoms with Crippen LogP contribution in [0.1, 0.15) is 33.1 Å². The Bertz CT molecular complexity index is 763. The molecule has 2 aromatic rings. The molecule has 2 heterocycles. The van der Waals surface area contributed by atoms with Crippen molar-refractivity contribution in [1.82, 2.24) is 14.7 Å². The number of anilines is 1. The molecule has 1 fully saturated rings. The summed E-state index contributed by atoms with van der Waals surface area (Å²) in [5, 5.41) is 7.26.